The lowest BCUT2D eigenvalue weighted by molar-refractivity contribution is -0.119. The Hall–Kier alpha value is -2.63. The predicted molar refractivity (Wildman–Crippen MR) is 76.9 cm³/mol. The summed E-state index contributed by atoms with van der Waals surface area (Å²) in [5.41, 5.74) is 8.05. The maximum absolute atomic E-state index is 12.2. The van der Waals surface area contributed by atoms with E-state index in [1.165, 1.54) is 6.92 Å². The molecule has 1 heterocycles. The normalized spacial score (nSPS) is 12.8. The lowest BCUT2D eigenvalue weighted by Gasteiger charge is -2.05. The third-order valence-corrected chi connectivity index (χ3v) is 3.50. The number of hydrogen-bond acceptors (Lipinski definition) is 3. The Balaban J connectivity index is 1.96. The van der Waals surface area contributed by atoms with Crippen molar-refractivity contribution in [2.75, 3.05) is 0 Å². The van der Waals surface area contributed by atoms with Gasteiger partial charge in [-0.05, 0) is 31.4 Å². The highest BCUT2D eigenvalue weighted by atomic mass is 16.2. The Morgan fingerprint density at radius 2 is 1.90 bits per heavy atom. The molecule has 0 fully saturated rings. The number of nitrogens with zero attached hydrogens (tertiary/aromatic N) is 2. The van der Waals surface area contributed by atoms with E-state index < -0.39 is 0 Å². The second-order valence-corrected chi connectivity index (χ2v) is 5.01. The molecule has 0 unspecified atom stereocenters. The fourth-order valence-corrected chi connectivity index (χ4v) is 2.61. The van der Waals surface area contributed by atoms with Crippen LogP contribution in [0.2, 0.25) is 0 Å². The van der Waals surface area contributed by atoms with Gasteiger partial charge in [-0.15, -0.1) is 0 Å². The zero-order chi connectivity index (χ0) is 14.8. The fraction of sp³-hybridized carbons (Fsp3) is 0.267. The number of hydrazine groups is 1. The summed E-state index contributed by atoms with van der Waals surface area (Å²) in [6, 6.07) is 9.74. The first-order valence-electron chi connectivity index (χ1n) is 6.90. The second kappa shape index (κ2) is 5.40. The summed E-state index contributed by atoms with van der Waals surface area (Å²) in [5, 5.41) is 4.43. The molecule has 108 valence electrons. The molecular weight excluding hydrogens is 268 g/mol. The molecule has 2 aromatic rings. The molecule has 2 N–H and O–H groups in total. The summed E-state index contributed by atoms with van der Waals surface area (Å²) in [4.78, 5) is 23.0. The minimum absolute atomic E-state index is 0.317. The van der Waals surface area contributed by atoms with Crippen LogP contribution >= 0.6 is 0 Å². The minimum Gasteiger partial charge on any atom is -0.274 e. The van der Waals surface area contributed by atoms with E-state index in [1.807, 2.05) is 35.0 Å². The van der Waals surface area contributed by atoms with E-state index in [2.05, 4.69) is 16.0 Å². The van der Waals surface area contributed by atoms with Gasteiger partial charge in [-0.25, -0.2) is 4.68 Å². The van der Waals surface area contributed by atoms with Gasteiger partial charge in [0.1, 0.15) is 0 Å². The van der Waals surface area contributed by atoms with E-state index in [-0.39, 0.29) is 11.8 Å². The molecule has 6 nitrogen and oxygen atoms in total. The highest BCUT2D eigenvalue weighted by Gasteiger charge is 2.26. The molecule has 3 rings (SSSR count). The van der Waals surface area contributed by atoms with Crippen molar-refractivity contribution in [3.05, 3.63) is 47.3 Å². The van der Waals surface area contributed by atoms with E-state index in [1.54, 1.807) is 0 Å². The van der Waals surface area contributed by atoms with Crippen molar-refractivity contribution in [3.8, 4) is 5.69 Å². The van der Waals surface area contributed by atoms with Gasteiger partial charge in [0, 0.05) is 18.2 Å². The Bertz CT molecular complexity index is 691. The van der Waals surface area contributed by atoms with Crippen molar-refractivity contribution in [3.63, 3.8) is 0 Å². The molecule has 0 saturated heterocycles. The van der Waals surface area contributed by atoms with Crippen LogP contribution in [-0.2, 0) is 17.6 Å². The van der Waals surface area contributed by atoms with Crippen molar-refractivity contribution in [1.82, 2.24) is 20.6 Å². The van der Waals surface area contributed by atoms with Crippen LogP contribution < -0.4 is 10.9 Å². The smallest absolute Gasteiger partial charge is 0.274 e. The van der Waals surface area contributed by atoms with Gasteiger partial charge in [-0.1, -0.05) is 18.2 Å². The predicted octanol–water partition coefficient (Wildman–Crippen LogP) is 1.14. The molecule has 1 aliphatic rings. The molecule has 1 aromatic heterocycles. The molecule has 1 aliphatic carbocycles. The molecule has 0 spiro atoms. The molecule has 0 aliphatic heterocycles. The average molecular weight is 284 g/mol. The van der Waals surface area contributed by atoms with E-state index in [4.69, 9.17) is 0 Å². The maximum Gasteiger partial charge on any atom is 0.290 e. The number of aromatic nitrogens is 2. The first-order chi connectivity index (χ1) is 10.2. The van der Waals surface area contributed by atoms with E-state index in [0.29, 0.717) is 5.69 Å². The van der Waals surface area contributed by atoms with Gasteiger partial charge in [0.05, 0.1) is 5.69 Å². The molecule has 21 heavy (non-hydrogen) atoms. The first kappa shape index (κ1) is 13.4. The molecule has 0 saturated carbocycles. The number of carbonyl (C=O) groups excluding carboxylic acids is 2. The van der Waals surface area contributed by atoms with Crippen molar-refractivity contribution < 1.29 is 9.59 Å². The van der Waals surface area contributed by atoms with Gasteiger partial charge in [0.15, 0.2) is 5.69 Å². The Morgan fingerprint density at radius 3 is 2.62 bits per heavy atom. The SMILES string of the molecule is CC(=O)NNC(=O)c1nn(-c2ccccc2)c2c1CCC2. The minimum atomic E-state index is -0.377. The standard InChI is InChI=1S/C15H16N4O2/c1-10(20)16-17-15(21)14-12-8-5-9-13(12)19(18-14)11-6-3-2-4-7-11/h2-4,6-7H,5,8-9H2,1H3,(H,16,20)(H,17,21). The monoisotopic (exact) mass is 284 g/mol. The van der Waals surface area contributed by atoms with Crippen LogP contribution in [0.5, 0.6) is 0 Å². The summed E-state index contributed by atoms with van der Waals surface area (Å²) >= 11 is 0. The number of carbonyl (C=O) groups is 2. The maximum atomic E-state index is 12.2. The lowest BCUT2D eigenvalue weighted by atomic mass is 10.2. The van der Waals surface area contributed by atoms with Crippen LogP contribution in [0.1, 0.15) is 35.1 Å². The van der Waals surface area contributed by atoms with Crippen molar-refractivity contribution >= 4 is 11.8 Å². The quantitative estimate of drug-likeness (QED) is 0.812. The fourth-order valence-electron chi connectivity index (χ4n) is 2.61. The van der Waals surface area contributed by atoms with Gasteiger partial charge < -0.3 is 0 Å². The van der Waals surface area contributed by atoms with Crippen LogP contribution in [0, 0.1) is 0 Å². The molecule has 1 aromatic carbocycles. The zero-order valence-corrected chi connectivity index (χ0v) is 11.7. The molecule has 0 atom stereocenters. The summed E-state index contributed by atoms with van der Waals surface area (Å²) in [7, 11) is 0. The van der Waals surface area contributed by atoms with Gasteiger partial charge in [0.25, 0.3) is 5.91 Å². The topological polar surface area (TPSA) is 76.0 Å². The third kappa shape index (κ3) is 2.52. The lowest BCUT2D eigenvalue weighted by Crippen LogP contribution is -2.40. The average Bonchev–Trinajstić information content (AvgIpc) is 3.07. The van der Waals surface area contributed by atoms with Gasteiger partial charge in [-0.3, -0.25) is 20.4 Å². The summed E-state index contributed by atoms with van der Waals surface area (Å²) in [6.45, 7) is 1.34. The Labute approximate surface area is 122 Å². The number of benzene rings is 1. The van der Waals surface area contributed by atoms with Crippen molar-refractivity contribution in [2.45, 2.75) is 26.2 Å². The Kier molecular flexibility index (Phi) is 3.43. The number of hydrogen-bond donors (Lipinski definition) is 2. The molecule has 0 radical (unpaired) electrons. The van der Waals surface area contributed by atoms with Crippen LogP contribution in [-0.4, -0.2) is 21.6 Å². The first-order valence-corrected chi connectivity index (χ1v) is 6.90. The number of amides is 2. The number of nitrogens with one attached hydrogen (secondary N) is 2. The van der Waals surface area contributed by atoms with Gasteiger partial charge in [-0.2, -0.15) is 5.10 Å². The van der Waals surface area contributed by atoms with Gasteiger partial charge >= 0.3 is 0 Å². The van der Waals surface area contributed by atoms with Gasteiger partial charge in [0.2, 0.25) is 5.91 Å². The van der Waals surface area contributed by atoms with E-state index in [9.17, 15) is 9.59 Å². The van der Waals surface area contributed by atoms with E-state index >= 15 is 0 Å². The zero-order valence-electron chi connectivity index (χ0n) is 11.7. The molecule has 2 amide bonds. The number of rotatable bonds is 2. The van der Waals surface area contributed by atoms with Crippen LogP contribution in [0.25, 0.3) is 5.69 Å². The number of para-hydroxylation sites is 1. The second-order valence-electron chi connectivity index (χ2n) is 5.01. The van der Waals surface area contributed by atoms with Crippen molar-refractivity contribution in [1.29, 1.82) is 0 Å². The van der Waals surface area contributed by atoms with Crippen molar-refractivity contribution in [2.24, 2.45) is 0 Å². The summed E-state index contributed by atoms with van der Waals surface area (Å²) in [6.07, 6.45) is 2.76. The van der Waals surface area contributed by atoms with Crippen LogP contribution in [0.3, 0.4) is 0 Å². The molecular formula is C15H16N4O2. The summed E-state index contributed by atoms with van der Waals surface area (Å²) < 4.78 is 1.82. The van der Waals surface area contributed by atoms with Crippen LogP contribution in [0.15, 0.2) is 30.3 Å². The van der Waals surface area contributed by atoms with Crippen LogP contribution in [0.4, 0.5) is 0 Å². The third-order valence-electron chi connectivity index (χ3n) is 3.50. The molecule has 0 bridgehead atoms. The Morgan fingerprint density at radius 1 is 1.14 bits per heavy atom. The number of fused-ring (bicyclic) bond motifs is 1. The largest absolute Gasteiger partial charge is 0.290 e. The molecule has 6 heteroatoms. The highest BCUT2D eigenvalue weighted by Crippen LogP contribution is 2.27. The summed E-state index contributed by atoms with van der Waals surface area (Å²) in [5.74, 6) is -0.694. The highest BCUT2D eigenvalue weighted by molar-refractivity contribution is 5.95. The van der Waals surface area contributed by atoms with E-state index in [0.717, 1.165) is 36.2 Å².